The van der Waals surface area contributed by atoms with E-state index in [0.29, 0.717) is 0 Å². The van der Waals surface area contributed by atoms with Gasteiger partial charge in [-0.05, 0) is 93.0 Å². The van der Waals surface area contributed by atoms with Gasteiger partial charge in [0, 0.05) is 44.3 Å². The Bertz CT molecular complexity index is 3100. The maximum atomic E-state index is 7.07. The molecule has 0 atom stereocenters. The summed E-state index contributed by atoms with van der Waals surface area (Å²) in [6, 6.07) is 65.3. The summed E-state index contributed by atoms with van der Waals surface area (Å²) in [6.45, 7) is 0. The fourth-order valence-corrected chi connectivity index (χ4v) is 8.30. The molecule has 0 N–H and O–H groups in total. The van der Waals surface area contributed by atoms with E-state index in [1.54, 1.807) is 0 Å². The van der Waals surface area contributed by atoms with Crippen LogP contribution < -0.4 is 4.90 Å². The first-order valence-electron chi connectivity index (χ1n) is 17.4. The normalized spacial score (nSPS) is 11.9. The van der Waals surface area contributed by atoms with Crippen molar-refractivity contribution in [2.45, 2.75) is 0 Å². The number of fused-ring (bicyclic) bond motifs is 13. The number of nitrogens with zero attached hydrogens (tertiary/aromatic N) is 2. The van der Waals surface area contributed by atoms with Crippen molar-refractivity contribution in [3.63, 3.8) is 0 Å². The summed E-state index contributed by atoms with van der Waals surface area (Å²) in [7, 11) is 0. The molecule has 2 heterocycles. The van der Waals surface area contributed by atoms with Crippen molar-refractivity contribution in [2.24, 2.45) is 0 Å². The van der Waals surface area contributed by atoms with Crippen molar-refractivity contribution in [1.82, 2.24) is 4.57 Å². The quantitative estimate of drug-likeness (QED) is 0.189. The number of furan rings is 1. The average Bonchev–Trinajstić information content (AvgIpc) is 3.76. The van der Waals surface area contributed by atoms with Gasteiger partial charge in [0.25, 0.3) is 0 Å². The molecule has 0 amide bonds. The highest BCUT2D eigenvalue weighted by Gasteiger charge is 2.25. The van der Waals surface area contributed by atoms with Crippen LogP contribution in [0.2, 0.25) is 0 Å². The first-order chi connectivity index (χ1) is 25.3. The van der Waals surface area contributed by atoms with E-state index in [9.17, 15) is 0 Å². The van der Waals surface area contributed by atoms with Gasteiger partial charge in [-0.1, -0.05) is 121 Å². The number of anilines is 3. The van der Waals surface area contributed by atoms with E-state index < -0.39 is 0 Å². The topological polar surface area (TPSA) is 21.3 Å². The van der Waals surface area contributed by atoms with E-state index in [1.165, 1.54) is 43.1 Å². The fraction of sp³-hybridized carbons (Fsp3) is 0. The maximum Gasteiger partial charge on any atom is 0.160 e. The molecule has 3 nitrogen and oxygen atoms in total. The van der Waals surface area contributed by atoms with Crippen LogP contribution in [0, 0.1) is 0 Å². The molecule has 0 spiro atoms. The minimum absolute atomic E-state index is 0.868. The van der Waals surface area contributed by atoms with E-state index in [2.05, 4.69) is 191 Å². The van der Waals surface area contributed by atoms with E-state index >= 15 is 0 Å². The van der Waals surface area contributed by atoms with Gasteiger partial charge in [-0.2, -0.15) is 0 Å². The van der Waals surface area contributed by atoms with Gasteiger partial charge in [-0.15, -0.1) is 0 Å². The van der Waals surface area contributed by atoms with Crippen LogP contribution in [-0.2, 0) is 0 Å². The maximum absolute atomic E-state index is 7.07. The van der Waals surface area contributed by atoms with Crippen LogP contribution in [0.25, 0.3) is 81.7 Å². The van der Waals surface area contributed by atoms with Gasteiger partial charge in [-0.25, -0.2) is 0 Å². The zero-order valence-corrected chi connectivity index (χ0v) is 27.6. The summed E-state index contributed by atoms with van der Waals surface area (Å²) in [5.41, 5.74) is 8.41. The minimum Gasteiger partial charge on any atom is -0.454 e. The van der Waals surface area contributed by atoms with Gasteiger partial charge >= 0.3 is 0 Å². The van der Waals surface area contributed by atoms with Crippen LogP contribution in [0.15, 0.2) is 186 Å². The lowest BCUT2D eigenvalue weighted by atomic mass is 9.96. The molecule has 238 valence electrons. The number of hydrogen-bond acceptors (Lipinski definition) is 2. The van der Waals surface area contributed by atoms with E-state index in [4.69, 9.17) is 4.42 Å². The second kappa shape index (κ2) is 10.8. The van der Waals surface area contributed by atoms with E-state index in [0.717, 1.165) is 55.7 Å². The third-order valence-electron chi connectivity index (χ3n) is 10.5. The van der Waals surface area contributed by atoms with Gasteiger partial charge in [0.2, 0.25) is 0 Å². The molecule has 0 saturated heterocycles. The van der Waals surface area contributed by atoms with Crippen molar-refractivity contribution in [3.05, 3.63) is 182 Å². The van der Waals surface area contributed by atoms with Crippen LogP contribution in [0.1, 0.15) is 0 Å². The molecule has 9 aromatic carbocycles. The Morgan fingerprint density at radius 3 is 1.75 bits per heavy atom. The van der Waals surface area contributed by atoms with Crippen LogP contribution in [0.5, 0.6) is 0 Å². The summed E-state index contributed by atoms with van der Waals surface area (Å²) in [5.74, 6) is 0. The fourth-order valence-electron chi connectivity index (χ4n) is 8.30. The van der Waals surface area contributed by atoms with E-state index in [-0.39, 0.29) is 0 Å². The zero-order chi connectivity index (χ0) is 33.5. The van der Waals surface area contributed by atoms with E-state index in [1.807, 2.05) is 0 Å². The predicted octanol–water partition coefficient (Wildman–Crippen LogP) is 13.6. The second-order valence-corrected chi connectivity index (χ2v) is 13.3. The molecule has 11 rings (SSSR count). The summed E-state index contributed by atoms with van der Waals surface area (Å²) in [5, 5.41) is 12.0. The molecule has 0 aliphatic carbocycles. The molecule has 0 radical (unpaired) electrons. The van der Waals surface area contributed by atoms with Crippen molar-refractivity contribution in [3.8, 4) is 5.69 Å². The summed E-state index contributed by atoms with van der Waals surface area (Å²) >= 11 is 0. The Morgan fingerprint density at radius 2 is 1.00 bits per heavy atom. The Morgan fingerprint density at radius 1 is 0.392 bits per heavy atom. The Balaban J connectivity index is 1.31. The summed E-state index contributed by atoms with van der Waals surface area (Å²) < 4.78 is 9.50. The molecule has 51 heavy (non-hydrogen) atoms. The Hall–Kier alpha value is -6.84. The lowest BCUT2D eigenvalue weighted by molar-refractivity contribution is 0.671. The van der Waals surface area contributed by atoms with Crippen LogP contribution >= 0.6 is 0 Å². The average molecular weight is 651 g/mol. The molecule has 0 aliphatic rings. The molecular weight excluding hydrogens is 621 g/mol. The summed E-state index contributed by atoms with van der Waals surface area (Å²) in [4.78, 5) is 2.32. The van der Waals surface area contributed by atoms with Crippen molar-refractivity contribution in [1.29, 1.82) is 0 Å². The Labute approximate surface area is 293 Å². The lowest BCUT2D eigenvalue weighted by Gasteiger charge is -2.25. The highest BCUT2D eigenvalue weighted by atomic mass is 16.3. The standard InChI is InChI=1S/C48H30N2O/c1-3-16-34(17-4-1)49(35-18-5-2-6-19-35)37-26-28-43-41(30-37)44-39-21-11-12-22-40(39)46-45-38-20-10-9-14-32(38)24-27-42(45)50(47(46)48(44)51-43)36-25-23-31-13-7-8-15-33(31)29-36/h1-30H. The predicted molar refractivity (Wildman–Crippen MR) is 215 cm³/mol. The largest absolute Gasteiger partial charge is 0.454 e. The Kier molecular flexibility index (Phi) is 5.96. The third kappa shape index (κ3) is 4.12. The van der Waals surface area contributed by atoms with Crippen molar-refractivity contribution in [2.75, 3.05) is 4.90 Å². The van der Waals surface area contributed by atoms with Crippen molar-refractivity contribution < 1.29 is 4.42 Å². The molecule has 11 aromatic rings. The molecule has 0 aliphatic heterocycles. The van der Waals surface area contributed by atoms with Gasteiger partial charge in [0.05, 0.1) is 11.0 Å². The number of rotatable bonds is 4. The second-order valence-electron chi connectivity index (χ2n) is 13.3. The first kappa shape index (κ1) is 28.0. The van der Waals surface area contributed by atoms with Crippen LogP contribution in [0.3, 0.4) is 0 Å². The molecule has 0 fully saturated rings. The van der Waals surface area contributed by atoms with Gasteiger partial charge < -0.3 is 13.9 Å². The van der Waals surface area contributed by atoms with Crippen molar-refractivity contribution >= 4 is 93.1 Å². The number of hydrogen-bond donors (Lipinski definition) is 0. The minimum atomic E-state index is 0.868. The highest BCUT2D eigenvalue weighted by molar-refractivity contribution is 6.38. The first-order valence-corrected chi connectivity index (χ1v) is 17.4. The summed E-state index contributed by atoms with van der Waals surface area (Å²) in [6.07, 6.45) is 0. The SMILES string of the molecule is c1ccc(N(c2ccccc2)c2ccc3oc4c(c3c2)c2ccccc2c2c3c5ccccc5ccc3n(-c3ccc5ccccc5c3)c42)cc1. The third-order valence-corrected chi connectivity index (χ3v) is 10.5. The number of benzene rings is 9. The molecule has 0 saturated carbocycles. The van der Waals surface area contributed by atoms with Crippen LogP contribution in [-0.4, -0.2) is 4.57 Å². The molecule has 2 aromatic heterocycles. The number of aromatic nitrogens is 1. The number of para-hydroxylation sites is 2. The zero-order valence-electron chi connectivity index (χ0n) is 27.6. The monoisotopic (exact) mass is 650 g/mol. The van der Waals surface area contributed by atoms with Gasteiger partial charge in [0.15, 0.2) is 5.58 Å². The lowest BCUT2D eigenvalue weighted by Crippen LogP contribution is -2.09. The van der Waals surface area contributed by atoms with Gasteiger partial charge in [-0.3, -0.25) is 0 Å². The van der Waals surface area contributed by atoms with Gasteiger partial charge in [0.1, 0.15) is 5.58 Å². The molecular formula is C48H30N2O. The molecule has 3 heteroatoms. The molecule has 0 unspecified atom stereocenters. The van der Waals surface area contributed by atoms with Crippen LogP contribution in [0.4, 0.5) is 17.1 Å². The highest BCUT2D eigenvalue weighted by Crippen LogP contribution is 2.48. The smallest absolute Gasteiger partial charge is 0.160 e. The molecule has 0 bridgehead atoms.